The lowest BCUT2D eigenvalue weighted by atomic mass is 9.81. The van der Waals surface area contributed by atoms with Crippen LogP contribution >= 0.6 is 0 Å². The molecule has 0 bridgehead atoms. The summed E-state index contributed by atoms with van der Waals surface area (Å²) < 4.78 is 2.46. The minimum absolute atomic E-state index is 0.0920. The van der Waals surface area contributed by atoms with Crippen LogP contribution in [0.3, 0.4) is 0 Å². The number of carbonyl (C=O) groups is 4. The van der Waals surface area contributed by atoms with E-state index in [-0.39, 0.29) is 36.0 Å². The fourth-order valence-corrected chi connectivity index (χ4v) is 7.80. The van der Waals surface area contributed by atoms with Crippen molar-refractivity contribution in [3.8, 4) is 0 Å². The number of rotatable bonds is 16. The van der Waals surface area contributed by atoms with Crippen LogP contribution in [0.5, 0.6) is 0 Å². The zero-order chi connectivity index (χ0) is 38.3. The molecular weight excluding hydrogens is 665 g/mol. The molecule has 5 rings (SSSR count). The van der Waals surface area contributed by atoms with Crippen molar-refractivity contribution >= 4 is 40.8 Å². The highest BCUT2D eigenvalue weighted by Crippen LogP contribution is 2.48. The third-order valence-electron chi connectivity index (χ3n) is 10.9. The number of nitrogens with one attached hydrogen (secondary N) is 1. The van der Waals surface area contributed by atoms with Gasteiger partial charge in [-0.25, -0.2) is 4.79 Å². The smallest absolute Gasteiger partial charge is 0.333 e. The van der Waals surface area contributed by atoms with E-state index in [2.05, 4.69) is 123 Å². The average Bonchev–Trinajstić information content (AvgIpc) is 3.62. The molecule has 1 saturated heterocycles. The number of hydrogen-bond donors (Lipinski definition) is 1. The van der Waals surface area contributed by atoms with Crippen molar-refractivity contribution in [2.75, 3.05) is 25.0 Å². The van der Waals surface area contributed by atoms with Gasteiger partial charge in [0.1, 0.15) is 6.54 Å². The summed E-state index contributed by atoms with van der Waals surface area (Å²) in [5.41, 5.74) is 9.78. The molecule has 2 aromatic rings. The fourth-order valence-electron chi connectivity index (χ4n) is 7.80. The Balaban J connectivity index is 1.28. The first kappa shape index (κ1) is 39.4. The number of hydrogen-bond acceptors (Lipinski definition) is 6. The second kappa shape index (κ2) is 16.9. The molecule has 9 nitrogen and oxygen atoms in total. The molecular formula is C44H57N4O5+. The Morgan fingerprint density at radius 2 is 1.47 bits per heavy atom. The maximum Gasteiger partial charge on any atom is 0.333 e. The first-order chi connectivity index (χ1) is 25.2. The topological polar surface area (TPSA) is 99.0 Å². The van der Waals surface area contributed by atoms with Gasteiger partial charge in [-0.15, -0.1) is 5.06 Å². The Labute approximate surface area is 315 Å². The van der Waals surface area contributed by atoms with Crippen LogP contribution in [0.1, 0.15) is 114 Å². The van der Waals surface area contributed by atoms with Crippen LogP contribution in [0, 0.1) is 13.8 Å². The minimum atomic E-state index is -0.547. The van der Waals surface area contributed by atoms with Gasteiger partial charge in [0.25, 0.3) is 11.8 Å². The van der Waals surface area contributed by atoms with Gasteiger partial charge in [-0.2, -0.15) is 4.58 Å². The highest BCUT2D eigenvalue weighted by atomic mass is 16.7. The Hall–Kier alpha value is -4.79. The molecule has 9 heteroatoms. The summed E-state index contributed by atoms with van der Waals surface area (Å²) in [5.74, 6) is -1.36. The first-order valence-electron chi connectivity index (χ1n) is 19.2. The van der Waals surface area contributed by atoms with Crippen molar-refractivity contribution in [1.82, 2.24) is 10.4 Å². The first-order valence-corrected chi connectivity index (χ1v) is 19.2. The third-order valence-corrected chi connectivity index (χ3v) is 10.9. The molecule has 3 amide bonds. The van der Waals surface area contributed by atoms with E-state index in [1.165, 1.54) is 45.0 Å². The summed E-state index contributed by atoms with van der Waals surface area (Å²) in [7, 11) is 1.69. The number of nitrogens with zero attached hydrogens (tertiary/aromatic N) is 3. The number of benzene rings is 2. The number of imide groups is 1. The monoisotopic (exact) mass is 721 g/mol. The number of anilines is 1. The zero-order valence-corrected chi connectivity index (χ0v) is 32.7. The van der Waals surface area contributed by atoms with Crippen LogP contribution in [0.15, 0.2) is 72.5 Å². The Kier molecular flexibility index (Phi) is 12.6. The molecule has 3 aliphatic heterocycles. The molecule has 53 heavy (non-hydrogen) atoms. The number of fused-ring (bicyclic) bond motifs is 2. The van der Waals surface area contributed by atoms with E-state index < -0.39 is 17.8 Å². The number of aryl methyl sites for hydroxylation is 2. The van der Waals surface area contributed by atoms with Crippen LogP contribution in [0.2, 0.25) is 0 Å². The zero-order valence-electron chi connectivity index (χ0n) is 32.7. The molecule has 0 saturated carbocycles. The summed E-state index contributed by atoms with van der Waals surface area (Å²) in [4.78, 5) is 55.0. The largest absolute Gasteiger partial charge is 0.359 e. The van der Waals surface area contributed by atoms with Crippen molar-refractivity contribution in [1.29, 1.82) is 0 Å². The summed E-state index contributed by atoms with van der Waals surface area (Å²) in [6.45, 7) is 15.1. The van der Waals surface area contributed by atoms with Crippen molar-refractivity contribution < 1.29 is 28.6 Å². The molecule has 0 unspecified atom stereocenters. The molecule has 1 fully saturated rings. The Morgan fingerprint density at radius 3 is 2.19 bits per heavy atom. The molecule has 1 N–H and O–H groups in total. The lowest BCUT2D eigenvalue weighted by molar-refractivity contribution is -0.438. The third kappa shape index (κ3) is 8.89. The molecule has 0 aliphatic carbocycles. The van der Waals surface area contributed by atoms with Gasteiger partial charge >= 0.3 is 5.97 Å². The van der Waals surface area contributed by atoms with Gasteiger partial charge in [0.15, 0.2) is 5.71 Å². The van der Waals surface area contributed by atoms with Crippen molar-refractivity contribution in [2.45, 2.75) is 117 Å². The molecule has 0 radical (unpaired) electrons. The summed E-state index contributed by atoms with van der Waals surface area (Å²) in [5, 5.41) is 3.34. The van der Waals surface area contributed by atoms with E-state index in [1.807, 2.05) is 0 Å². The van der Waals surface area contributed by atoms with Crippen molar-refractivity contribution in [3.05, 3.63) is 94.7 Å². The molecule has 0 aromatic heterocycles. The summed E-state index contributed by atoms with van der Waals surface area (Å²) in [6.07, 6.45) is 17.0. The van der Waals surface area contributed by atoms with Crippen LogP contribution in [-0.2, 0) is 34.8 Å². The normalized spacial score (nSPS) is 18.2. The van der Waals surface area contributed by atoms with Gasteiger partial charge in [-0.1, -0.05) is 67.8 Å². The summed E-state index contributed by atoms with van der Waals surface area (Å²) in [6, 6.07) is 13.4. The second-order valence-corrected chi connectivity index (χ2v) is 15.6. The van der Waals surface area contributed by atoms with Crippen LogP contribution in [0.4, 0.5) is 11.4 Å². The number of amides is 3. The van der Waals surface area contributed by atoms with Gasteiger partial charge in [0.05, 0.1) is 5.41 Å². The second-order valence-electron chi connectivity index (χ2n) is 15.6. The Bertz CT molecular complexity index is 1850. The van der Waals surface area contributed by atoms with E-state index >= 15 is 0 Å². The number of allylic oxidation sites excluding steroid dienone is 6. The molecule has 0 spiro atoms. The molecule has 0 atom stereocenters. The predicted octanol–water partition coefficient (Wildman–Crippen LogP) is 7.95. The van der Waals surface area contributed by atoms with E-state index in [0.29, 0.717) is 17.9 Å². The number of unbranched alkanes of at least 4 members (excludes halogenated alkanes) is 4. The van der Waals surface area contributed by atoms with E-state index in [4.69, 9.17) is 4.84 Å². The fraction of sp³-hybridized carbons (Fsp3) is 0.477. The van der Waals surface area contributed by atoms with Crippen LogP contribution < -0.4 is 10.2 Å². The van der Waals surface area contributed by atoms with Gasteiger partial charge in [0, 0.05) is 80.2 Å². The van der Waals surface area contributed by atoms with Gasteiger partial charge < -0.3 is 15.1 Å². The molecule has 2 aromatic carbocycles. The lowest BCUT2D eigenvalue weighted by Crippen LogP contribution is -2.32. The van der Waals surface area contributed by atoms with Crippen molar-refractivity contribution in [2.24, 2.45) is 0 Å². The van der Waals surface area contributed by atoms with Crippen LogP contribution in [-0.4, -0.2) is 59.2 Å². The SMILES string of the molecule is CNC(=O)CCCCC[N+]1=C(C=CC=CC=C2N(CCCCCC(=O)ON3C(=O)CCC3=O)c3ccc(C)cc3C2(C)C)C(C)(C)c2cc(C)ccc21. The maximum absolute atomic E-state index is 12.3. The number of carbonyl (C=O) groups excluding carboxylic acids is 4. The standard InChI is InChI=1S/C44H56N4O5/c1-31-21-23-35-33(29-31)43(3,4)37(46(35)27-15-9-13-19-39(49)45-7)17-11-8-12-18-38-44(5,6)34-30-32(2)22-24-36(34)47(38)28-16-10-14-20-42(52)53-48-40(50)25-26-41(48)51/h8,11-12,17-18,21-24,29-30H,9-10,13-16,19-20,25-28H2,1-7H3/p+1. The maximum atomic E-state index is 12.3. The Morgan fingerprint density at radius 1 is 0.811 bits per heavy atom. The van der Waals surface area contributed by atoms with Crippen molar-refractivity contribution in [3.63, 3.8) is 0 Å². The average molecular weight is 722 g/mol. The van der Waals surface area contributed by atoms with Crippen LogP contribution in [0.25, 0.3) is 0 Å². The van der Waals surface area contributed by atoms with E-state index in [9.17, 15) is 19.2 Å². The van der Waals surface area contributed by atoms with E-state index in [1.54, 1.807) is 7.05 Å². The predicted molar refractivity (Wildman–Crippen MR) is 210 cm³/mol. The molecule has 3 aliphatic rings. The van der Waals surface area contributed by atoms with Gasteiger partial charge in [0.2, 0.25) is 11.6 Å². The van der Waals surface area contributed by atoms with Gasteiger partial charge in [-0.3, -0.25) is 14.4 Å². The molecule has 282 valence electrons. The highest BCUT2D eigenvalue weighted by Gasteiger charge is 2.44. The van der Waals surface area contributed by atoms with E-state index in [0.717, 1.165) is 45.2 Å². The highest BCUT2D eigenvalue weighted by molar-refractivity contribution is 6.03. The van der Waals surface area contributed by atoms with Gasteiger partial charge in [-0.05, 0) is 77.2 Å². The summed E-state index contributed by atoms with van der Waals surface area (Å²) >= 11 is 0. The molecule has 3 heterocycles. The minimum Gasteiger partial charge on any atom is -0.359 e. The lowest BCUT2D eigenvalue weighted by Gasteiger charge is -2.27. The number of hydroxylamine groups is 2. The quantitative estimate of drug-likeness (QED) is 0.0818.